The summed E-state index contributed by atoms with van der Waals surface area (Å²) in [5, 5.41) is 6.03. The van der Waals surface area contributed by atoms with Gasteiger partial charge in [-0.25, -0.2) is 4.79 Å². The first-order valence-corrected chi connectivity index (χ1v) is 12.6. The van der Waals surface area contributed by atoms with Gasteiger partial charge in [-0.15, -0.1) is 0 Å². The maximum atomic E-state index is 12.9. The molecule has 3 amide bonds. The number of carbonyl (C=O) groups is 2. The van der Waals surface area contributed by atoms with Crippen LogP contribution in [0.15, 0.2) is 48.5 Å². The molecule has 8 heteroatoms. The van der Waals surface area contributed by atoms with E-state index in [2.05, 4.69) is 21.6 Å². The van der Waals surface area contributed by atoms with E-state index < -0.39 is 0 Å². The highest BCUT2D eigenvalue weighted by molar-refractivity contribution is 5.94. The Labute approximate surface area is 207 Å². The molecule has 0 spiro atoms. The summed E-state index contributed by atoms with van der Waals surface area (Å²) >= 11 is 0. The van der Waals surface area contributed by atoms with E-state index >= 15 is 0 Å². The second-order valence-corrected chi connectivity index (χ2v) is 9.01. The molecule has 0 aromatic heterocycles. The first-order chi connectivity index (χ1) is 17.1. The standard InChI is InChI=1S/C27H36N4O4/c1-2-35-25-10-8-24(9-11-25)29-27(33)31-13-4-7-23(20-31)21-5-3-6-22(19-21)26(32)28-12-14-30-15-17-34-18-16-30/h3,5-6,8-11,19,23H,2,4,7,12-18,20H2,1H3,(H,28,32)(H,29,33)/t23-/m1/s1. The van der Waals surface area contributed by atoms with Crippen LogP contribution < -0.4 is 15.4 Å². The van der Waals surface area contributed by atoms with Crippen molar-refractivity contribution in [1.82, 2.24) is 15.1 Å². The number of piperidine rings is 1. The fraction of sp³-hybridized carbons (Fsp3) is 0.481. The number of morpholine rings is 1. The van der Waals surface area contributed by atoms with Crippen LogP contribution >= 0.6 is 0 Å². The molecule has 2 heterocycles. The number of amides is 3. The number of anilines is 1. The number of hydrogen-bond donors (Lipinski definition) is 2. The summed E-state index contributed by atoms with van der Waals surface area (Å²) in [5.74, 6) is 0.936. The average Bonchev–Trinajstić information content (AvgIpc) is 2.90. The monoisotopic (exact) mass is 480 g/mol. The van der Waals surface area contributed by atoms with Crippen LogP contribution in [-0.2, 0) is 4.74 Å². The van der Waals surface area contributed by atoms with Gasteiger partial charge in [0.2, 0.25) is 0 Å². The van der Waals surface area contributed by atoms with Crippen molar-refractivity contribution in [1.29, 1.82) is 0 Å². The van der Waals surface area contributed by atoms with Crippen LogP contribution in [0.5, 0.6) is 5.75 Å². The van der Waals surface area contributed by atoms with Gasteiger partial charge in [0.05, 0.1) is 19.8 Å². The van der Waals surface area contributed by atoms with Crippen LogP contribution in [0.25, 0.3) is 0 Å². The van der Waals surface area contributed by atoms with Crippen LogP contribution in [-0.4, -0.2) is 80.8 Å². The van der Waals surface area contributed by atoms with Gasteiger partial charge in [0.15, 0.2) is 0 Å². The minimum atomic E-state index is -0.101. The number of likely N-dealkylation sites (tertiary alicyclic amines) is 1. The van der Waals surface area contributed by atoms with Gasteiger partial charge < -0.3 is 25.0 Å². The summed E-state index contributed by atoms with van der Waals surface area (Å²) in [6, 6.07) is 15.1. The Morgan fingerprint density at radius 2 is 1.89 bits per heavy atom. The van der Waals surface area contributed by atoms with Crippen LogP contribution in [0.3, 0.4) is 0 Å². The second-order valence-electron chi connectivity index (χ2n) is 9.01. The molecule has 35 heavy (non-hydrogen) atoms. The van der Waals surface area contributed by atoms with E-state index in [-0.39, 0.29) is 17.9 Å². The van der Waals surface area contributed by atoms with E-state index in [1.807, 2.05) is 54.3 Å². The molecule has 0 bridgehead atoms. The molecule has 0 radical (unpaired) electrons. The van der Waals surface area contributed by atoms with Gasteiger partial charge in [-0.2, -0.15) is 0 Å². The summed E-state index contributed by atoms with van der Waals surface area (Å²) in [5.41, 5.74) is 2.51. The van der Waals surface area contributed by atoms with E-state index in [0.29, 0.717) is 25.3 Å². The molecule has 2 aliphatic rings. The Hall–Kier alpha value is -3.10. The molecule has 188 valence electrons. The van der Waals surface area contributed by atoms with Crippen molar-refractivity contribution in [2.24, 2.45) is 0 Å². The first kappa shape index (κ1) is 25.0. The molecule has 4 rings (SSSR count). The highest BCUT2D eigenvalue weighted by atomic mass is 16.5. The third-order valence-corrected chi connectivity index (χ3v) is 6.56. The van der Waals surface area contributed by atoms with Crippen LogP contribution in [0, 0.1) is 0 Å². The average molecular weight is 481 g/mol. The molecular formula is C27H36N4O4. The van der Waals surface area contributed by atoms with Gasteiger partial charge in [0.25, 0.3) is 5.91 Å². The maximum Gasteiger partial charge on any atom is 0.321 e. The summed E-state index contributed by atoms with van der Waals surface area (Å²) in [6.07, 6.45) is 1.92. The number of ether oxygens (including phenoxy) is 2. The molecule has 0 unspecified atom stereocenters. The predicted octanol–water partition coefficient (Wildman–Crippen LogP) is 3.56. The highest BCUT2D eigenvalue weighted by Crippen LogP contribution is 2.28. The minimum Gasteiger partial charge on any atom is -0.494 e. The van der Waals surface area contributed by atoms with Gasteiger partial charge in [-0.05, 0) is 61.7 Å². The van der Waals surface area contributed by atoms with Gasteiger partial charge in [-0.3, -0.25) is 9.69 Å². The number of nitrogens with zero attached hydrogens (tertiary/aromatic N) is 2. The Morgan fingerprint density at radius 1 is 1.09 bits per heavy atom. The molecule has 2 fully saturated rings. The zero-order valence-corrected chi connectivity index (χ0v) is 20.5. The Balaban J connectivity index is 1.30. The van der Waals surface area contributed by atoms with E-state index in [1.54, 1.807) is 0 Å². The summed E-state index contributed by atoms with van der Waals surface area (Å²) in [6.45, 7) is 8.69. The zero-order chi connectivity index (χ0) is 24.5. The lowest BCUT2D eigenvalue weighted by Crippen LogP contribution is -2.41. The number of nitrogens with one attached hydrogen (secondary N) is 2. The number of urea groups is 1. The molecule has 2 aromatic carbocycles. The van der Waals surface area contributed by atoms with Crippen molar-refractivity contribution in [2.75, 3.05) is 64.4 Å². The number of carbonyl (C=O) groups excluding carboxylic acids is 2. The van der Waals surface area contributed by atoms with E-state index in [1.165, 1.54) is 0 Å². The van der Waals surface area contributed by atoms with Crippen LogP contribution in [0.1, 0.15) is 41.6 Å². The molecule has 2 N–H and O–H groups in total. The summed E-state index contributed by atoms with van der Waals surface area (Å²) in [4.78, 5) is 29.8. The first-order valence-electron chi connectivity index (χ1n) is 12.6. The number of hydrogen-bond acceptors (Lipinski definition) is 5. The van der Waals surface area contributed by atoms with E-state index in [0.717, 1.165) is 69.2 Å². The molecule has 0 saturated carbocycles. The normalized spacial score (nSPS) is 18.7. The molecule has 0 aliphatic carbocycles. The van der Waals surface area contributed by atoms with E-state index in [4.69, 9.17) is 9.47 Å². The Morgan fingerprint density at radius 3 is 2.66 bits per heavy atom. The highest BCUT2D eigenvalue weighted by Gasteiger charge is 2.25. The number of rotatable bonds is 8. The number of benzene rings is 2. The van der Waals surface area contributed by atoms with Crippen molar-refractivity contribution in [2.45, 2.75) is 25.7 Å². The van der Waals surface area contributed by atoms with Crippen molar-refractivity contribution < 1.29 is 19.1 Å². The zero-order valence-electron chi connectivity index (χ0n) is 20.5. The third kappa shape index (κ3) is 7.19. The summed E-state index contributed by atoms with van der Waals surface area (Å²) in [7, 11) is 0. The lowest BCUT2D eigenvalue weighted by Gasteiger charge is -2.33. The van der Waals surface area contributed by atoms with Crippen molar-refractivity contribution in [3.8, 4) is 5.75 Å². The molecule has 2 aliphatic heterocycles. The lowest BCUT2D eigenvalue weighted by atomic mass is 9.89. The molecule has 1 atom stereocenters. The van der Waals surface area contributed by atoms with Crippen LogP contribution in [0.2, 0.25) is 0 Å². The second kappa shape index (κ2) is 12.6. The van der Waals surface area contributed by atoms with Gasteiger partial charge in [-0.1, -0.05) is 12.1 Å². The van der Waals surface area contributed by atoms with Gasteiger partial charge in [0, 0.05) is 56.4 Å². The maximum absolute atomic E-state index is 12.9. The smallest absolute Gasteiger partial charge is 0.321 e. The lowest BCUT2D eigenvalue weighted by molar-refractivity contribution is 0.0383. The third-order valence-electron chi connectivity index (χ3n) is 6.56. The molecule has 2 aromatic rings. The molecule has 2 saturated heterocycles. The van der Waals surface area contributed by atoms with Gasteiger partial charge >= 0.3 is 6.03 Å². The van der Waals surface area contributed by atoms with E-state index in [9.17, 15) is 9.59 Å². The summed E-state index contributed by atoms with van der Waals surface area (Å²) < 4.78 is 10.8. The van der Waals surface area contributed by atoms with Crippen molar-refractivity contribution in [3.63, 3.8) is 0 Å². The predicted molar refractivity (Wildman–Crippen MR) is 136 cm³/mol. The van der Waals surface area contributed by atoms with Gasteiger partial charge in [0.1, 0.15) is 5.75 Å². The fourth-order valence-electron chi connectivity index (χ4n) is 4.63. The fourth-order valence-corrected chi connectivity index (χ4v) is 4.63. The largest absolute Gasteiger partial charge is 0.494 e. The Bertz CT molecular complexity index is 975. The quantitative estimate of drug-likeness (QED) is 0.604. The minimum absolute atomic E-state index is 0.0546. The SMILES string of the molecule is CCOc1ccc(NC(=O)N2CCC[C@@H](c3cccc(C(=O)NCCN4CCOCC4)c3)C2)cc1. The Kier molecular flexibility index (Phi) is 8.97. The molecule has 8 nitrogen and oxygen atoms in total. The van der Waals surface area contributed by atoms with Crippen LogP contribution in [0.4, 0.5) is 10.5 Å². The topological polar surface area (TPSA) is 83.1 Å². The van der Waals surface area contributed by atoms with Crippen molar-refractivity contribution in [3.05, 3.63) is 59.7 Å². The molecular weight excluding hydrogens is 444 g/mol. The van der Waals surface area contributed by atoms with Crippen molar-refractivity contribution >= 4 is 17.6 Å².